The summed E-state index contributed by atoms with van der Waals surface area (Å²) in [5.74, 6) is 2.40. The molecular weight excluding hydrogens is 249 g/mol. The lowest BCUT2D eigenvalue weighted by molar-refractivity contribution is 0.524. The van der Waals surface area contributed by atoms with Crippen LogP contribution in [0.25, 0.3) is 0 Å². The zero-order chi connectivity index (χ0) is 11.0. The van der Waals surface area contributed by atoms with Crippen LogP contribution in [0.2, 0.25) is 10.0 Å². The number of halogens is 2. The number of thioether (sulfide) groups is 1. The van der Waals surface area contributed by atoms with Crippen molar-refractivity contribution >= 4 is 35.0 Å². The van der Waals surface area contributed by atoms with E-state index in [1.807, 2.05) is 23.9 Å². The SMILES string of the molecule is CC1CSCc2c(Cl)ccc(Cl)c2C1N. The Morgan fingerprint density at radius 1 is 1.33 bits per heavy atom. The van der Waals surface area contributed by atoms with E-state index >= 15 is 0 Å². The fourth-order valence-electron chi connectivity index (χ4n) is 1.85. The average molecular weight is 262 g/mol. The van der Waals surface area contributed by atoms with Crippen molar-refractivity contribution in [2.75, 3.05) is 5.75 Å². The van der Waals surface area contributed by atoms with Gasteiger partial charge in [0.15, 0.2) is 0 Å². The summed E-state index contributed by atoms with van der Waals surface area (Å²) in [6.45, 7) is 2.16. The first-order valence-corrected chi connectivity index (χ1v) is 6.82. The van der Waals surface area contributed by atoms with E-state index in [0.29, 0.717) is 5.92 Å². The highest BCUT2D eigenvalue weighted by Gasteiger charge is 2.25. The molecule has 0 fully saturated rings. The Balaban J connectivity index is 2.57. The monoisotopic (exact) mass is 261 g/mol. The number of rotatable bonds is 0. The first-order chi connectivity index (χ1) is 7.11. The van der Waals surface area contributed by atoms with E-state index in [1.165, 1.54) is 0 Å². The highest BCUT2D eigenvalue weighted by Crippen LogP contribution is 2.39. The largest absolute Gasteiger partial charge is 0.324 e. The number of hydrogen-bond acceptors (Lipinski definition) is 2. The van der Waals surface area contributed by atoms with E-state index in [1.54, 1.807) is 0 Å². The predicted octanol–water partition coefficient (Wildman–Crippen LogP) is 3.88. The number of nitrogens with two attached hydrogens (primary N) is 1. The van der Waals surface area contributed by atoms with Gasteiger partial charge in [-0.15, -0.1) is 0 Å². The lowest BCUT2D eigenvalue weighted by Crippen LogP contribution is -2.20. The van der Waals surface area contributed by atoms with E-state index in [0.717, 1.165) is 32.7 Å². The lowest BCUT2D eigenvalue weighted by atomic mass is 9.93. The maximum absolute atomic E-state index is 6.20. The van der Waals surface area contributed by atoms with Crippen LogP contribution in [0.15, 0.2) is 12.1 Å². The molecule has 82 valence electrons. The molecule has 0 spiro atoms. The molecule has 0 saturated heterocycles. The van der Waals surface area contributed by atoms with Gasteiger partial charge in [0, 0.05) is 21.8 Å². The molecule has 0 aliphatic carbocycles. The van der Waals surface area contributed by atoms with Gasteiger partial charge < -0.3 is 5.73 Å². The smallest absolute Gasteiger partial charge is 0.0457 e. The van der Waals surface area contributed by atoms with Crippen LogP contribution in [0.3, 0.4) is 0 Å². The summed E-state index contributed by atoms with van der Waals surface area (Å²) in [7, 11) is 0. The molecule has 1 nitrogen and oxygen atoms in total. The second-order valence-corrected chi connectivity index (χ2v) is 5.78. The number of hydrogen-bond donors (Lipinski definition) is 1. The lowest BCUT2D eigenvalue weighted by Gasteiger charge is -2.20. The Hall–Kier alpha value is 0.110. The molecule has 1 aromatic rings. The molecule has 0 aromatic heterocycles. The zero-order valence-corrected chi connectivity index (χ0v) is 10.8. The molecule has 2 unspecified atom stereocenters. The van der Waals surface area contributed by atoms with Gasteiger partial charge in [-0.1, -0.05) is 30.1 Å². The van der Waals surface area contributed by atoms with Crippen molar-refractivity contribution in [2.45, 2.75) is 18.7 Å². The minimum Gasteiger partial charge on any atom is -0.324 e. The number of fused-ring (bicyclic) bond motifs is 1. The minimum atomic E-state index is 0.00111. The van der Waals surface area contributed by atoms with Gasteiger partial charge in [-0.05, 0) is 34.9 Å². The van der Waals surface area contributed by atoms with Crippen molar-refractivity contribution in [1.29, 1.82) is 0 Å². The normalized spacial score (nSPS) is 25.9. The standard InChI is InChI=1S/C11H13Cl2NS/c1-6-4-15-5-7-8(12)2-3-9(13)10(7)11(6)14/h2-3,6,11H,4-5,14H2,1H3. The van der Waals surface area contributed by atoms with E-state index < -0.39 is 0 Å². The van der Waals surface area contributed by atoms with Crippen LogP contribution in [0, 0.1) is 5.92 Å². The third-order valence-corrected chi connectivity index (χ3v) is 4.76. The Bertz CT molecular complexity index is 381. The van der Waals surface area contributed by atoms with Crippen LogP contribution >= 0.6 is 35.0 Å². The van der Waals surface area contributed by atoms with E-state index in [-0.39, 0.29) is 6.04 Å². The molecule has 0 radical (unpaired) electrons. The second-order valence-electron chi connectivity index (χ2n) is 3.94. The van der Waals surface area contributed by atoms with E-state index in [2.05, 4.69) is 6.92 Å². The Labute approximate surface area is 104 Å². The molecule has 4 heteroatoms. The third-order valence-electron chi connectivity index (χ3n) is 2.82. The van der Waals surface area contributed by atoms with Gasteiger partial charge in [0.1, 0.15) is 0 Å². The van der Waals surface area contributed by atoms with Crippen molar-refractivity contribution in [3.63, 3.8) is 0 Å². The van der Waals surface area contributed by atoms with Crippen LogP contribution in [0.4, 0.5) is 0 Å². The highest BCUT2D eigenvalue weighted by atomic mass is 35.5. The summed E-state index contributed by atoms with van der Waals surface area (Å²) in [5.41, 5.74) is 8.36. The van der Waals surface area contributed by atoms with E-state index in [4.69, 9.17) is 28.9 Å². The van der Waals surface area contributed by atoms with Gasteiger partial charge in [-0.3, -0.25) is 0 Å². The van der Waals surface area contributed by atoms with Crippen molar-refractivity contribution in [3.8, 4) is 0 Å². The Morgan fingerprint density at radius 2 is 2.00 bits per heavy atom. The van der Waals surface area contributed by atoms with Gasteiger partial charge in [-0.25, -0.2) is 0 Å². The highest BCUT2D eigenvalue weighted by molar-refractivity contribution is 7.98. The van der Waals surface area contributed by atoms with E-state index in [9.17, 15) is 0 Å². The van der Waals surface area contributed by atoms with Gasteiger partial charge in [-0.2, -0.15) is 11.8 Å². The molecule has 2 N–H and O–H groups in total. The van der Waals surface area contributed by atoms with Crippen molar-refractivity contribution in [2.24, 2.45) is 11.7 Å². The molecule has 2 atom stereocenters. The van der Waals surface area contributed by atoms with Crippen LogP contribution in [0.5, 0.6) is 0 Å². The quantitative estimate of drug-likeness (QED) is 0.768. The predicted molar refractivity (Wildman–Crippen MR) is 68.7 cm³/mol. The average Bonchev–Trinajstić information content (AvgIpc) is 2.35. The molecule has 0 amide bonds. The molecule has 1 aromatic carbocycles. The summed E-state index contributed by atoms with van der Waals surface area (Å²) in [6, 6.07) is 3.69. The van der Waals surface area contributed by atoms with Crippen LogP contribution in [0.1, 0.15) is 24.1 Å². The summed E-state index contributed by atoms with van der Waals surface area (Å²) in [6.07, 6.45) is 0. The van der Waals surface area contributed by atoms with Gasteiger partial charge >= 0.3 is 0 Å². The molecule has 1 aliphatic heterocycles. The van der Waals surface area contributed by atoms with Crippen LogP contribution in [-0.4, -0.2) is 5.75 Å². The summed E-state index contributed by atoms with van der Waals surface area (Å²) in [5, 5.41) is 1.53. The van der Waals surface area contributed by atoms with Crippen LogP contribution < -0.4 is 5.73 Å². The Kier molecular flexibility index (Phi) is 3.51. The summed E-state index contributed by atoms with van der Waals surface area (Å²) in [4.78, 5) is 0. The van der Waals surface area contributed by atoms with Crippen molar-refractivity contribution in [3.05, 3.63) is 33.3 Å². The Morgan fingerprint density at radius 3 is 2.73 bits per heavy atom. The van der Waals surface area contributed by atoms with Crippen LogP contribution in [-0.2, 0) is 5.75 Å². The third kappa shape index (κ3) is 2.14. The fourth-order valence-corrected chi connectivity index (χ4v) is 3.68. The fraction of sp³-hybridized carbons (Fsp3) is 0.455. The zero-order valence-electron chi connectivity index (χ0n) is 8.47. The summed E-state index contributed by atoms with van der Waals surface area (Å²) < 4.78 is 0. The molecular formula is C11H13Cl2NS. The first kappa shape index (κ1) is 11.6. The van der Waals surface area contributed by atoms with Crippen molar-refractivity contribution in [1.82, 2.24) is 0 Å². The maximum Gasteiger partial charge on any atom is 0.0457 e. The van der Waals surface area contributed by atoms with Crippen molar-refractivity contribution < 1.29 is 0 Å². The van der Waals surface area contributed by atoms with Gasteiger partial charge in [0.05, 0.1) is 0 Å². The molecule has 0 saturated carbocycles. The maximum atomic E-state index is 6.20. The summed E-state index contributed by atoms with van der Waals surface area (Å²) >= 11 is 14.2. The minimum absolute atomic E-state index is 0.00111. The first-order valence-electron chi connectivity index (χ1n) is 4.91. The molecule has 1 heterocycles. The van der Waals surface area contributed by atoms with Gasteiger partial charge in [0.2, 0.25) is 0 Å². The molecule has 15 heavy (non-hydrogen) atoms. The number of benzene rings is 1. The topological polar surface area (TPSA) is 26.0 Å². The molecule has 2 rings (SSSR count). The van der Waals surface area contributed by atoms with Gasteiger partial charge in [0.25, 0.3) is 0 Å². The molecule has 1 aliphatic rings. The molecule has 0 bridgehead atoms. The second kappa shape index (κ2) is 4.54.